The highest BCUT2D eigenvalue weighted by molar-refractivity contribution is 7.07. The SMILES string of the molecule is O=C(Nc1ccccc1C#CCO)c1cnns1. The normalized spacial score (nSPS) is 9.39. The molecule has 2 N–H and O–H groups in total. The lowest BCUT2D eigenvalue weighted by atomic mass is 10.2. The summed E-state index contributed by atoms with van der Waals surface area (Å²) in [4.78, 5) is 12.3. The van der Waals surface area contributed by atoms with Crippen LogP contribution < -0.4 is 5.32 Å². The fraction of sp³-hybridized carbons (Fsp3) is 0.0833. The van der Waals surface area contributed by atoms with Crippen LogP contribution in [0.5, 0.6) is 0 Å². The Kier molecular flexibility index (Phi) is 4.02. The molecule has 18 heavy (non-hydrogen) atoms. The summed E-state index contributed by atoms with van der Waals surface area (Å²) in [7, 11) is 0. The molecule has 6 heteroatoms. The van der Waals surface area contributed by atoms with Crippen molar-refractivity contribution in [3.05, 3.63) is 40.9 Å². The highest BCUT2D eigenvalue weighted by atomic mass is 32.1. The number of benzene rings is 1. The predicted molar refractivity (Wildman–Crippen MR) is 68.3 cm³/mol. The summed E-state index contributed by atoms with van der Waals surface area (Å²) in [6.45, 7) is -0.221. The van der Waals surface area contributed by atoms with E-state index in [1.54, 1.807) is 18.2 Å². The first-order chi connectivity index (χ1) is 8.81. The highest BCUT2D eigenvalue weighted by Crippen LogP contribution is 2.15. The molecule has 0 saturated heterocycles. The van der Waals surface area contributed by atoms with Gasteiger partial charge in [-0.25, -0.2) is 0 Å². The lowest BCUT2D eigenvalue weighted by molar-refractivity contribution is 0.103. The number of hydrogen-bond donors (Lipinski definition) is 2. The van der Waals surface area contributed by atoms with Crippen molar-refractivity contribution in [3.63, 3.8) is 0 Å². The van der Waals surface area contributed by atoms with Crippen LogP contribution in [-0.2, 0) is 0 Å². The van der Waals surface area contributed by atoms with Gasteiger partial charge in [-0.05, 0) is 23.7 Å². The molecule has 0 atom stereocenters. The molecule has 0 radical (unpaired) electrons. The van der Waals surface area contributed by atoms with Gasteiger partial charge in [-0.3, -0.25) is 4.79 Å². The fourth-order valence-electron chi connectivity index (χ4n) is 1.29. The number of para-hydroxylation sites is 1. The average molecular weight is 259 g/mol. The summed E-state index contributed by atoms with van der Waals surface area (Å²) in [5, 5.41) is 15.0. The first kappa shape index (κ1) is 12.2. The molecule has 0 aliphatic rings. The molecule has 0 unspecified atom stereocenters. The maximum absolute atomic E-state index is 11.8. The van der Waals surface area contributed by atoms with Gasteiger partial charge in [-0.15, -0.1) is 5.10 Å². The van der Waals surface area contributed by atoms with Crippen molar-refractivity contribution < 1.29 is 9.90 Å². The number of rotatable bonds is 2. The van der Waals surface area contributed by atoms with Crippen molar-refractivity contribution in [2.24, 2.45) is 0 Å². The first-order valence-corrected chi connectivity index (χ1v) is 5.86. The molecule has 0 aliphatic carbocycles. The van der Waals surface area contributed by atoms with E-state index in [0.717, 1.165) is 11.5 Å². The summed E-state index contributed by atoms with van der Waals surface area (Å²) < 4.78 is 3.63. The minimum Gasteiger partial charge on any atom is -0.384 e. The van der Waals surface area contributed by atoms with Gasteiger partial charge in [0, 0.05) is 5.56 Å². The van der Waals surface area contributed by atoms with Crippen molar-refractivity contribution >= 4 is 23.1 Å². The zero-order valence-electron chi connectivity index (χ0n) is 9.25. The first-order valence-electron chi connectivity index (χ1n) is 5.08. The second-order valence-electron chi connectivity index (χ2n) is 3.24. The van der Waals surface area contributed by atoms with E-state index in [4.69, 9.17) is 5.11 Å². The molecule has 1 heterocycles. The molecular weight excluding hydrogens is 250 g/mol. The summed E-state index contributed by atoms with van der Waals surface area (Å²) in [6, 6.07) is 7.12. The van der Waals surface area contributed by atoms with Gasteiger partial charge in [-0.2, -0.15) is 0 Å². The van der Waals surface area contributed by atoms with E-state index in [0.29, 0.717) is 16.1 Å². The largest absolute Gasteiger partial charge is 0.384 e. The maximum atomic E-state index is 11.8. The molecule has 0 saturated carbocycles. The molecule has 0 bridgehead atoms. The van der Waals surface area contributed by atoms with Gasteiger partial charge in [0.2, 0.25) is 0 Å². The Labute approximate surface area is 108 Å². The van der Waals surface area contributed by atoms with Crippen LogP contribution in [-0.4, -0.2) is 27.2 Å². The second-order valence-corrected chi connectivity index (χ2v) is 4.03. The lowest BCUT2D eigenvalue weighted by Gasteiger charge is -2.05. The van der Waals surface area contributed by atoms with Crippen LogP contribution >= 0.6 is 11.5 Å². The van der Waals surface area contributed by atoms with Gasteiger partial charge in [-0.1, -0.05) is 28.5 Å². The zero-order valence-corrected chi connectivity index (χ0v) is 10.1. The summed E-state index contributed by atoms with van der Waals surface area (Å²) in [6.07, 6.45) is 1.40. The van der Waals surface area contributed by atoms with Crippen LogP contribution in [0.15, 0.2) is 30.5 Å². The number of nitrogens with one attached hydrogen (secondary N) is 1. The number of carbonyl (C=O) groups is 1. The second kappa shape index (κ2) is 5.91. The Morgan fingerprint density at radius 3 is 3.00 bits per heavy atom. The van der Waals surface area contributed by atoms with E-state index in [-0.39, 0.29) is 12.5 Å². The molecule has 90 valence electrons. The summed E-state index contributed by atoms with van der Waals surface area (Å²) in [5.74, 6) is 5.04. The molecular formula is C12H9N3O2S. The Morgan fingerprint density at radius 1 is 1.44 bits per heavy atom. The molecule has 0 aliphatic heterocycles. The number of carbonyl (C=O) groups excluding carboxylic acids is 1. The molecule has 1 aromatic heterocycles. The Balaban J connectivity index is 2.21. The van der Waals surface area contributed by atoms with Crippen LogP contribution in [0.25, 0.3) is 0 Å². The van der Waals surface area contributed by atoms with E-state index in [9.17, 15) is 4.79 Å². The van der Waals surface area contributed by atoms with Crippen molar-refractivity contribution in [2.75, 3.05) is 11.9 Å². The van der Waals surface area contributed by atoms with Gasteiger partial charge in [0.1, 0.15) is 11.5 Å². The van der Waals surface area contributed by atoms with Crippen molar-refractivity contribution in [1.29, 1.82) is 0 Å². The predicted octanol–water partition coefficient (Wildman–Crippen LogP) is 1.13. The third-order valence-electron chi connectivity index (χ3n) is 2.06. The van der Waals surface area contributed by atoms with Crippen molar-refractivity contribution in [2.45, 2.75) is 0 Å². The van der Waals surface area contributed by atoms with Crippen LogP contribution in [0.3, 0.4) is 0 Å². The number of aromatic nitrogens is 2. The van der Waals surface area contributed by atoms with E-state index in [1.165, 1.54) is 6.20 Å². The topological polar surface area (TPSA) is 75.1 Å². The van der Waals surface area contributed by atoms with Gasteiger partial charge in [0.25, 0.3) is 5.91 Å². The number of hydrogen-bond acceptors (Lipinski definition) is 5. The molecule has 1 aromatic carbocycles. The standard InChI is InChI=1S/C12H9N3O2S/c16-7-3-5-9-4-1-2-6-10(9)14-12(17)11-8-13-15-18-11/h1-2,4,6,8,16H,7H2,(H,14,17). The summed E-state index contributed by atoms with van der Waals surface area (Å²) in [5.41, 5.74) is 1.24. The molecule has 1 amide bonds. The van der Waals surface area contributed by atoms with Crippen LogP contribution in [0.2, 0.25) is 0 Å². The Morgan fingerprint density at radius 2 is 2.28 bits per heavy atom. The molecule has 2 rings (SSSR count). The van der Waals surface area contributed by atoms with Crippen LogP contribution in [0, 0.1) is 11.8 Å². The van der Waals surface area contributed by atoms with Gasteiger partial charge >= 0.3 is 0 Å². The molecule has 2 aromatic rings. The van der Waals surface area contributed by atoms with Gasteiger partial charge in [0.15, 0.2) is 0 Å². The number of anilines is 1. The quantitative estimate of drug-likeness (QED) is 0.793. The molecule has 0 fully saturated rings. The number of nitrogens with zero attached hydrogens (tertiary/aromatic N) is 2. The highest BCUT2D eigenvalue weighted by Gasteiger charge is 2.10. The van der Waals surface area contributed by atoms with Crippen LogP contribution in [0.4, 0.5) is 5.69 Å². The average Bonchev–Trinajstić information content (AvgIpc) is 2.91. The number of aliphatic hydroxyl groups is 1. The Bertz CT molecular complexity index is 599. The lowest BCUT2D eigenvalue weighted by Crippen LogP contribution is -2.11. The van der Waals surface area contributed by atoms with Crippen LogP contribution in [0.1, 0.15) is 15.2 Å². The van der Waals surface area contributed by atoms with E-state index in [2.05, 4.69) is 26.7 Å². The molecule has 0 spiro atoms. The number of amides is 1. The van der Waals surface area contributed by atoms with Gasteiger partial charge in [0.05, 0.1) is 11.9 Å². The number of aliphatic hydroxyl groups excluding tert-OH is 1. The van der Waals surface area contributed by atoms with E-state index < -0.39 is 0 Å². The monoisotopic (exact) mass is 259 g/mol. The summed E-state index contributed by atoms with van der Waals surface area (Å²) >= 11 is 1.02. The third-order valence-corrected chi connectivity index (χ3v) is 2.73. The van der Waals surface area contributed by atoms with E-state index in [1.807, 2.05) is 6.07 Å². The van der Waals surface area contributed by atoms with Crippen molar-refractivity contribution in [1.82, 2.24) is 9.59 Å². The smallest absolute Gasteiger partial charge is 0.269 e. The third kappa shape index (κ3) is 2.91. The Hall–Kier alpha value is -2.23. The minimum atomic E-state index is -0.275. The zero-order chi connectivity index (χ0) is 12.8. The maximum Gasteiger partial charge on any atom is 0.269 e. The van der Waals surface area contributed by atoms with Gasteiger partial charge < -0.3 is 10.4 Å². The van der Waals surface area contributed by atoms with Crippen molar-refractivity contribution in [3.8, 4) is 11.8 Å². The van der Waals surface area contributed by atoms with E-state index >= 15 is 0 Å². The molecule has 5 nitrogen and oxygen atoms in total. The minimum absolute atomic E-state index is 0.221. The fourth-order valence-corrected chi connectivity index (χ4v) is 1.70.